The second-order valence-electron chi connectivity index (χ2n) is 3.99. The van der Waals surface area contributed by atoms with E-state index in [2.05, 4.69) is 49.2 Å². The maximum absolute atomic E-state index is 4.20. The zero-order valence-corrected chi connectivity index (χ0v) is 9.31. The Morgan fingerprint density at radius 3 is 2.40 bits per heavy atom. The fraction of sp³-hybridized carbons (Fsp3) is 0.333. The Morgan fingerprint density at radius 1 is 1.13 bits per heavy atom. The average Bonchev–Trinajstić information content (AvgIpc) is 2.70. The van der Waals surface area contributed by atoms with E-state index in [0.29, 0.717) is 5.92 Å². The molecule has 0 spiro atoms. The minimum atomic E-state index is 0.478. The number of aromatic nitrogens is 3. The highest BCUT2D eigenvalue weighted by Crippen LogP contribution is 2.24. The number of hydrogen-bond acceptors (Lipinski definition) is 2. The summed E-state index contributed by atoms with van der Waals surface area (Å²) in [6.45, 7) is 6.45. The van der Waals surface area contributed by atoms with Gasteiger partial charge in [-0.3, -0.25) is 0 Å². The van der Waals surface area contributed by atoms with Crippen molar-refractivity contribution in [1.29, 1.82) is 0 Å². The van der Waals surface area contributed by atoms with E-state index in [1.807, 2.05) is 0 Å². The normalized spacial score (nSPS) is 10.9. The van der Waals surface area contributed by atoms with Gasteiger partial charge in [0, 0.05) is 0 Å². The van der Waals surface area contributed by atoms with Gasteiger partial charge in [0.25, 0.3) is 0 Å². The molecule has 0 saturated heterocycles. The van der Waals surface area contributed by atoms with Crippen molar-refractivity contribution < 1.29 is 0 Å². The highest BCUT2D eigenvalue weighted by molar-refractivity contribution is 5.47. The standard InChI is InChI=1S/C12H15N3/c1-9(2)11-6-4-5-10(3)12(11)15-13-7-8-14-15/h4-9H,1-3H3. The zero-order chi connectivity index (χ0) is 10.8. The molecule has 0 fully saturated rings. The maximum Gasteiger partial charge on any atom is 0.0920 e. The van der Waals surface area contributed by atoms with Crippen molar-refractivity contribution in [1.82, 2.24) is 15.0 Å². The predicted molar refractivity (Wildman–Crippen MR) is 60.2 cm³/mol. The quantitative estimate of drug-likeness (QED) is 0.748. The number of hydrogen-bond donors (Lipinski definition) is 0. The van der Waals surface area contributed by atoms with E-state index >= 15 is 0 Å². The molecule has 3 nitrogen and oxygen atoms in total. The lowest BCUT2D eigenvalue weighted by Crippen LogP contribution is -2.06. The minimum absolute atomic E-state index is 0.478. The number of rotatable bonds is 2. The molecule has 2 rings (SSSR count). The molecule has 0 radical (unpaired) electrons. The van der Waals surface area contributed by atoms with Crippen LogP contribution in [0.2, 0.25) is 0 Å². The second kappa shape index (κ2) is 3.85. The minimum Gasteiger partial charge on any atom is -0.157 e. The Bertz CT molecular complexity index is 444. The van der Waals surface area contributed by atoms with E-state index in [4.69, 9.17) is 0 Å². The Labute approximate surface area is 89.7 Å². The van der Waals surface area contributed by atoms with Crippen LogP contribution in [0.1, 0.15) is 30.9 Å². The van der Waals surface area contributed by atoms with Gasteiger partial charge < -0.3 is 0 Å². The molecule has 0 N–H and O–H groups in total. The fourth-order valence-electron chi connectivity index (χ4n) is 1.75. The first-order valence-electron chi connectivity index (χ1n) is 5.16. The summed E-state index contributed by atoms with van der Waals surface area (Å²) in [7, 11) is 0. The highest BCUT2D eigenvalue weighted by Gasteiger charge is 2.11. The van der Waals surface area contributed by atoms with Crippen LogP contribution in [0, 0.1) is 6.92 Å². The van der Waals surface area contributed by atoms with Crippen LogP contribution in [-0.4, -0.2) is 15.0 Å². The summed E-state index contributed by atoms with van der Waals surface area (Å²) in [5, 5.41) is 8.39. The molecule has 78 valence electrons. The van der Waals surface area contributed by atoms with Gasteiger partial charge in [-0.25, -0.2) is 0 Å². The van der Waals surface area contributed by atoms with Crippen molar-refractivity contribution in [3.8, 4) is 5.69 Å². The molecule has 1 aromatic carbocycles. The molecule has 1 heterocycles. The van der Waals surface area contributed by atoms with Crippen LogP contribution in [0.3, 0.4) is 0 Å². The van der Waals surface area contributed by atoms with Gasteiger partial charge in [0.05, 0.1) is 18.1 Å². The molecule has 2 aromatic rings. The van der Waals surface area contributed by atoms with Gasteiger partial charge in [-0.1, -0.05) is 32.0 Å². The molecular formula is C12H15N3. The second-order valence-corrected chi connectivity index (χ2v) is 3.99. The monoisotopic (exact) mass is 201 g/mol. The van der Waals surface area contributed by atoms with Gasteiger partial charge in [0.2, 0.25) is 0 Å². The van der Waals surface area contributed by atoms with E-state index in [0.717, 1.165) is 5.69 Å². The van der Waals surface area contributed by atoms with Gasteiger partial charge >= 0.3 is 0 Å². The van der Waals surface area contributed by atoms with E-state index in [9.17, 15) is 0 Å². The van der Waals surface area contributed by atoms with Gasteiger partial charge in [-0.05, 0) is 24.0 Å². The van der Waals surface area contributed by atoms with E-state index in [1.165, 1.54) is 11.1 Å². The first-order chi connectivity index (χ1) is 7.20. The Kier molecular flexibility index (Phi) is 2.54. The average molecular weight is 201 g/mol. The molecule has 0 unspecified atom stereocenters. The Balaban J connectivity index is 2.63. The topological polar surface area (TPSA) is 30.7 Å². The lowest BCUT2D eigenvalue weighted by molar-refractivity contribution is 0.722. The summed E-state index contributed by atoms with van der Waals surface area (Å²) in [5.74, 6) is 0.478. The van der Waals surface area contributed by atoms with Gasteiger partial charge in [0.1, 0.15) is 0 Å². The SMILES string of the molecule is Cc1cccc(C(C)C)c1-n1nccn1. The van der Waals surface area contributed by atoms with Crippen molar-refractivity contribution in [3.63, 3.8) is 0 Å². The molecule has 0 aliphatic heterocycles. The molecule has 0 amide bonds. The molecule has 0 aliphatic rings. The fourth-order valence-corrected chi connectivity index (χ4v) is 1.75. The number of aryl methyl sites for hydroxylation is 1. The first-order valence-corrected chi connectivity index (χ1v) is 5.16. The summed E-state index contributed by atoms with van der Waals surface area (Å²) < 4.78 is 0. The van der Waals surface area contributed by atoms with Crippen LogP contribution in [0.25, 0.3) is 5.69 Å². The molecular weight excluding hydrogens is 186 g/mol. The van der Waals surface area contributed by atoms with Crippen LogP contribution in [0.15, 0.2) is 30.6 Å². The molecule has 15 heavy (non-hydrogen) atoms. The van der Waals surface area contributed by atoms with E-state index in [1.54, 1.807) is 17.2 Å². The summed E-state index contributed by atoms with van der Waals surface area (Å²) in [4.78, 5) is 1.70. The van der Waals surface area contributed by atoms with E-state index in [-0.39, 0.29) is 0 Å². The van der Waals surface area contributed by atoms with Crippen LogP contribution in [0.4, 0.5) is 0 Å². The summed E-state index contributed by atoms with van der Waals surface area (Å²) in [6.07, 6.45) is 3.41. The van der Waals surface area contributed by atoms with Crippen molar-refractivity contribution in [3.05, 3.63) is 41.7 Å². The van der Waals surface area contributed by atoms with Crippen LogP contribution >= 0.6 is 0 Å². The van der Waals surface area contributed by atoms with Crippen LogP contribution in [-0.2, 0) is 0 Å². The first kappa shape index (κ1) is 9.90. The third-order valence-corrected chi connectivity index (χ3v) is 2.51. The number of para-hydroxylation sites is 1. The predicted octanol–water partition coefficient (Wildman–Crippen LogP) is 2.70. The van der Waals surface area contributed by atoms with Crippen molar-refractivity contribution in [2.24, 2.45) is 0 Å². The summed E-state index contributed by atoms with van der Waals surface area (Å²) in [6, 6.07) is 6.30. The molecule has 1 aromatic heterocycles. The van der Waals surface area contributed by atoms with Crippen LogP contribution in [0.5, 0.6) is 0 Å². The Hall–Kier alpha value is -1.64. The maximum atomic E-state index is 4.20. The summed E-state index contributed by atoms with van der Waals surface area (Å²) >= 11 is 0. The highest BCUT2D eigenvalue weighted by atomic mass is 15.5. The zero-order valence-electron chi connectivity index (χ0n) is 9.31. The van der Waals surface area contributed by atoms with Crippen LogP contribution < -0.4 is 0 Å². The largest absolute Gasteiger partial charge is 0.157 e. The molecule has 0 atom stereocenters. The number of benzene rings is 1. The number of nitrogens with zero attached hydrogens (tertiary/aromatic N) is 3. The summed E-state index contributed by atoms with van der Waals surface area (Å²) in [5.41, 5.74) is 3.60. The Morgan fingerprint density at radius 2 is 1.80 bits per heavy atom. The van der Waals surface area contributed by atoms with Gasteiger partial charge in [-0.2, -0.15) is 15.0 Å². The molecule has 0 aliphatic carbocycles. The third-order valence-electron chi connectivity index (χ3n) is 2.51. The molecule has 3 heteroatoms. The van der Waals surface area contributed by atoms with Gasteiger partial charge in [0.15, 0.2) is 0 Å². The van der Waals surface area contributed by atoms with Crippen molar-refractivity contribution in [2.45, 2.75) is 26.7 Å². The van der Waals surface area contributed by atoms with Gasteiger partial charge in [-0.15, -0.1) is 0 Å². The lowest BCUT2D eigenvalue weighted by atomic mass is 9.98. The van der Waals surface area contributed by atoms with Crippen molar-refractivity contribution in [2.75, 3.05) is 0 Å². The van der Waals surface area contributed by atoms with Crippen molar-refractivity contribution >= 4 is 0 Å². The molecule has 0 bridgehead atoms. The van der Waals surface area contributed by atoms with E-state index < -0.39 is 0 Å². The smallest absolute Gasteiger partial charge is 0.0920 e. The third kappa shape index (κ3) is 1.77. The molecule has 0 saturated carbocycles. The lowest BCUT2D eigenvalue weighted by Gasteiger charge is -2.13.